The summed E-state index contributed by atoms with van der Waals surface area (Å²) in [5.41, 5.74) is 1.15. The first-order chi connectivity index (χ1) is 8.63. The number of carboxylic acid groups (broad SMARTS) is 1. The van der Waals surface area contributed by atoms with Crippen LogP contribution < -0.4 is 5.32 Å². The van der Waals surface area contributed by atoms with E-state index in [1.165, 1.54) is 6.07 Å². The second-order valence-corrected chi connectivity index (χ2v) is 4.71. The van der Waals surface area contributed by atoms with Gasteiger partial charge in [-0.2, -0.15) is 0 Å². The van der Waals surface area contributed by atoms with E-state index in [4.69, 9.17) is 9.84 Å². The third-order valence-electron chi connectivity index (χ3n) is 3.81. The smallest absolute Gasteiger partial charge is 0.335 e. The number of anilines is 1. The van der Waals surface area contributed by atoms with E-state index in [2.05, 4.69) is 5.32 Å². The summed E-state index contributed by atoms with van der Waals surface area (Å²) in [4.78, 5) is 23.2. The van der Waals surface area contributed by atoms with Crippen LogP contribution in [0.2, 0.25) is 0 Å². The van der Waals surface area contributed by atoms with Crippen molar-refractivity contribution >= 4 is 17.6 Å². The number of amides is 1. The number of carbonyl (C=O) groups excluding carboxylic acids is 1. The van der Waals surface area contributed by atoms with Crippen molar-refractivity contribution in [2.45, 2.75) is 18.3 Å². The van der Waals surface area contributed by atoms with Crippen molar-refractivity contribution in [3.8, 4) is 0 Å². The minimum atomic E-state index is -0.973. The Morgan fingerprint density at radius 2 is 2.06 bits per heavy atom. The van der Waals surface area contributed by atoms with Crippen LogP contribution in [0, 0.1) is 0 Å². The van der Waals surface area contributed by atoms with Crippen molar-refractivity contribution in [3.05, 3.63) is 29.3 Å². The van der Waals surface area contributed by atoms with Gasteiger partial charge >= 0.3 is 5.97 Å². The van der Waals surface area contributed by atoms with E-state index in [1.807, 2.05) is 0 Å². The number of benzene rings is 1. The molecular weight excluding hydrogens is 234 g/mol. The predicted molar refractivity (Wildman–Crippen MR) is 63.8 cm³/mol. The quantitative estimate of drug-likeness (QED) is 0.786. The van der Waals surface area contributed by atoms with Gasteiger partial charge < -0.3 is 15.2 Å². The zero-order valence-electron chi connectivity index (χ0n) is 9.73. The van der Waals surface area contributed by atoms with Gasteiger partial charge in [-0.1, -0.05) is 0 Å². The van der Waals surface area contributed by atoms with Gasteiger partial charge in [-0.3, -0.25) is 4.79 Å². The Balaban J connectivity index is 2.12. The molecule has 0 aromatic heterocycles. The highest BCUT2D eigenvalue weighted by Crippen LogP contribution is 2.44. The lowest BCUT2D eigenvalue weighted by atomic mass is 9.75. The number of hydrogen-bond acceptors (Lipinski definition) is 3. The highest BCUT2D eigenvalue weighted by Gasteiger charge is 2.47. The maximum atomic E-state index is 12.2. The zero-order chi connectivity index (χ0) is 12.8. The Morgan fingerprint density at radius 3 is 2.72 bits per heavy atom. The summed E-state index contributed by atoms with van der Waals surface area (Å²) in [6.07, 6.45) is 1.21. The fraction of sp³-hybridized carbons (Fsp3) is 0.385. The Morgan fingerprint density at radius 1 is 1.33 bits per heavy atom. The van der Waals surface area contributed by atoms with Gasteiger partial charge in [-0.05, 0) is 36.6 Å². The summed E-state index contributed by atoms with van der Waals surface area (Å²) in [6, 6.07) is 4.79. The molecule has 5 nitrogen and oxygen atoms in total. The molecule has 0 atom stereocenters. The van der Waals surface area contributed by atoms with Gasteiger partial charge in [-0.15, -0.1) is 0 Å². The zero-order valence-corrected chi connectivity index (χ0v) is 9.73. The van der Waals surface area contributed by atoms with Crippen LogP contribution in [-0.2, 0) is 14.9 Å². The fourth-order valence-corrected chi connectivity index (χ4v) is 2.76. The molecule has 1 fully saturated rings. The maximum absolute atomic E-state index is 12.2. The molecule has 2 aliphatic rings. The molecule has 1 aromatic rings. The van der Waals surface area contributed by atoms with Gasteiger partial charge in [-0.25, -0.2) is 4.79 Å². The molecular formula is C13H13NO4. The molecule has 2 aliphatic heterocycles. The Hall–Kier alpha value is -1.88. The van der Waals surface area contributed by atoms with Crippen LogP contribution in [0.25, 0.3) is 0 Å². The van der Waals surface area contributed by atoms with Crippen molar-refractivity contribution in [3.63, 3.8) is 0 Å². The van der Waals surface area contributed by atoms with Crippen molar-refractivity contribution in [2.24, 2.45) is 0 Å². The van der Waals surface area contributed by atoms with Gasteiger partial charge in [0.1, 0.15) is 0 Å². The summed E-state index contributed by atoms with van der Waals surface area (Å²) in [5, 5.41) is 11.9. The van der Waals surface area contributed by atoms with Crippen LogP contribution in [-0.4, -0.2) is 30.2 Å². The van der Waals surface area contributed by atoms with Crippen LogP contribution in [0.4, 0.5) is 5.69 Å². The minimum absolute atomic E-state index is 0.0386. The normalized spacial score (nSPS) is 20.6. The second-order valence-electron chi connectivity index (χ2n) is 4.71. The molecule has 3 rings (SSSR count). The van der Waals surface area contributed by atoms with Crippen LogP contribution in [0.5, 0.6) is 0 Å². The van der Waals surface area contributed by atoms with Crippen LogP contribution in [0.1, 0.15) is 28.8 Å². The molecule has 1 amide bonds. The number of rotatable bonds is 1. The number of carbonyl (C=O) groups is 2. The molecule has 2 heterocycles. The third-order valence-corrected chi connectivity index (χ3v) is 3.81. The molecule has 0 unspecified atom stereocenters. The Kier molecular flexibility index (Phi) is 2.38. The van der Waals surface area contributed by atoms with Crippen LogP contribution in [0.15, 0.2) is 18.2 Å². The maximum Gasteiger partial charge on any atom is 0.335 e. The van der Waals surface area contributed by atoms with Crippen molar-refractivity contribution < 1.29 is 19.4 Å². The third kappa shape index (κ3) is 1.44. The topological polar surface area (TPSA) is 75.6 Å². The summed E-state index contributed by atoms with van der Waals surface area (Å²) in [6.45, 7) is 1.06. The molecule has 0 aliphatic carbocycles. The summed E-state index contributed by atoms with van der Waals surface area (Å²) in [7, 11) is 0. The summed E-state index contributed by atoms with van der Waals surface area (Å²) < 4.78 is 5.30. The minimum Gasteiger partial charge on any atom is -0.478 e. The number of aromatic carboxylic acids is 1. The highest BCUT2D eigenvalue weighted by molar-refractivity contribution is 6.07. The lowest BCUT2D eigenvalue weighted by Crippen LogP contribution is -2.40. The summed E-state index contributed by atoms with van der Waals surface area (Å²) >= 11 is 0. The fourth-order valence-electron chi connectivity index (χ4n) is 2.76. The van der Waals surface area contributed by atoms with Crippen molar-refractivity contribution in [2.75, 3.05) is 18.5 Å². The van der Waals surface area contributed by atoms with Crippen LogP contribution in [0.3, 0.4) is 0 Å². The lowest BCUT2D eigenvalue weighted by molar-refractivity contribution is -0.124. The first kappa shape index (κ1) is 11.2. The highest BCUT2D eigenvalue weighted by atomic mass is 16.5. The Labute approximate surface area is 104 Å². The number of nitrogens with one attached hydrogen (secondary N) is 1. The van der Waals surface area contributed by atoms with Gasteiger partial charge in [0.05, 0.1) is 11.0 Å². The van der Waals surface area contributed by atoms with E-state index < -0.39 is 11.4 Å². The number of carboxylic acids is 1. The van der Waals surface area contributed by atoms with E-state index in [0.29, 0.717) is 26.1 Å². The molecule has 1 spiro atoms. The molecule has 0 bridgehead atoms. The number of hydrogen-bond donors (Lipinski definition) is 2. The molecule has 94 valence electrons. The Bertz CT molecular complexity index is 532. The largest absolute Gasteiger partial charge is 0.478 e. The van der Waals surface area contributed by atoms with Gasteiger partial charge in [0.15, 0.2) is 0 Å². The number of ether oxygens (including phenoxy) is 1. The van der Waals surface area contributed by atoms with Gasteiger partial charge in [0, 0.05) is 18.9 Å². The standard InChI is InChI=1S/C13H13NO4/c15-11(16)8-1-2-10-9(7-8)13(12(17)14-10)3-5-18-6-4-13/h1-2,7H,3-6H2,(H,14,17)(H,15,16). The van der Waals surface area contributed by atoms with E-state index in [1.54, 1.807) is 12.1 Å². The predicted octanol–water partition coefficient (Wildman–Crippen LogP) is 1.39. The molecule has 5 heteroatoms. The van der Waals surface area contributed by atoms with Crippen LogP contribution >= 0.6 is 0 Å². The van der Waals surface area contributed by atoms with E-state index in [-0.39, 0.29) is 11.5 Å². The van der Waals surface area contributed by atoms with E-state index in [0.717, 1.165) is 11.3 Å². The van der Waals surface area contributed by atoms with Gasteiger partial charge in [0.25, 0.3) is 0 Å². The van der Waals surface area contributed by atoms with E-state index >= 15 is 0 Å². The lowest BCUT2D eigenvalue weighted by Gasteiger charge is -2.31. The monoisotopic (exact) mass is 247 g/mol. The summed E-state index contributed by atoms with van der Waals surface area (Å²) in [5.74, 6) is -1.01. The van der Waals surface area contributed by atoms with Gasteiger partial charge in [0.2, 0.25) is 5.91 Å². The SMILES string of the molecule is O=C(O)c1ccc2c(c1)C1(CCOCC1)C(=O)N2. The molecule has 0 radical (unpaired) electrons. The molecule has 18 heavy (non-hydrogen) atoms. The van der Waals surface area contributed by atoms with E-state index in [9.17, 15) is 9.59 Å². The first-order valence-electron chi connectivity index (χ1n) is 5.90. The average Bonchev–Trinajstić information content (AvgIpc) is 2.63. The first-order valence-corrected chi connectivity index (χ1v) is 5.90. The number of fused-ring (bicyclic) bond motifs is 2. The van der Waals surface area contributed by atoms with Crippen molar-refractivity contribution in [1.82, 2.24) is 0 Å². The average molecular weight is 247 g/mol. The van der Waals surface area contributed by atoms with Crippen molar-refractivity contribution in [1.29, 1.82) is 0 Å². The molecule has 1 saturated heterocycles. The molecule has 1 aromatic carbocycles. The second kappa shape index (κ2) is 3.81. The molecule has 2 N–H and O–H groups in total. The molecule has 0 saturated carbocycles.